The fourth-order valence-corrected chi connectivity index (χ4v) is 1.71. The van der Waals surface area contributed by atoms with Crippen LogP contribution in [-0.4, -0.2) is 24.2 Å². The monoisotopic (exact) mass is 216 g/mol. The van der Waals surface area contributed by atoms with Crippen LogP contribution in [0.25, 0.3) is 0 Å². The molecule has 4 heteroatoms. The Hall–Kier alpha value is -1.06. The maximum Gasteiger partial charge on any atom is 0.309 e. The highest BCUT2D eigenvalue weighted by Gasteiger charge is 2.33. The minimum absolute atomic E-state index is 0.254. The lowest BCUT2D eigenvalue weighted by molar-refractivity contribution is -0.156. The molecule has 0 fully saturated rings. The smallest absolute Gasteiger partial charge is 0.309 e. The Balaban J connectivity index is 4.70. The van der Waals surface area contributed by atoms with Crippen LogP contribution in [0.5, 0.6) is 0 Å². The Morgan fingerprint density at radius 3 is 2.07 bits per heavy atom. The number of carboxylic acids is 1. The van der Waals surface area contributed by atoms with Gasteiger partial charge in [0.05, 0.1) is 18.9 Å². The third-order valence-corrected chi connectivity index (χ3v) is 2.47. The van der Waals surface area contributed by atoms with Crippen LogP contribution >= 0.6 is 0 Å². The molecule has 0 radical (unpaired) electrons. The maximum absolute atomic E-state index is 11.4. The van der Waals surface area contributed by atoms with Gasteiger partial charge in [-0.1, -0.05) is 20.8 Å². The summed E-state index contributed by atoms with van der Waals surface area (Å²) in [4.78, 5) is 22.4. The van der Waals surface area contributed by atoms with Gasteiger partial charge in [-0.15, -0.1) is 0 Å². The van der Waals surface area contributed by atoms with Crippen molar-refractivity contribution in [3.63, 3.8) is 0 Å². The zero-order chi connectivity index (χ0) is 12.0. The molecule has 0 aromatic rings. The minimum atomic E-state index is -0.916. The van der Waals surface area contributed by atoms with Crippen molar-refractivity contribution in [3.05, 3.63) is 0 Å². The van der Waals surface area contributed by atoms with E-state index in [2.05, 4.69) is 4.74 Å². The molecule has 0 saturated heterocycles. The lowest BCUT2D eigenvalue weighted by atomic mass is 9.84. The lowest BCUT2D eigenvalue weighted by Crippen LogP contribution is -2.31. The first kappa shape index (κ1) is 13.9. The molecule has 0 saturated carbocycles. The van der Waals surface area contributed by atoms with Gasteiger partial charge in [0.1, 0.15) is 0 Å². The van der Waals surface area contributed by atoms with Crippen LogP contribution in [0.4, 0.5) is 0 Å². The number of carboxylic acid groups (broad SMARTS) is 1. The van der Waals surface area contributed by atoms with E-state index in [1.807, 2.05) is 13.8 Å². The summed E-state index contributed by atoms with van der Waals surface area (Å²) in [5.74, 6) is -2.26. The second kappa shape index (κ2) is 6.43. The highest BCUT2D eigenvalue weighted by Crippen LogP contribution is 2.24. The molecule has 0 spiro atoms. The summed E-state index contributed by atoms with van der Waals surface area (Å²) in [5.41, 5.74) is 0. The van der Waals surface area contributed by atoms with Crippen molar-refractivity contribution in [2.75, 3.05) is 7.11 Å². The van der Waals surface area contributed by atoms with E-state index in [0.29, 0.717) is 12.8 Å². The third kappa shape index (κ3) is 4.32. The first-order chi connectivity index (χ1) is 6.93. The Bertz CT molecular complexity index is 223. The van der Waals surface area contributed by atoms with Crippen molar-refractivity contribution < 1.29 is 19.4 Å². The van der Waals surface area contributed by atoms with E-state index in [1.165, 1.54) is 7.11 Å². The summed E-state index contributed by atoms with van der Waals surface area (Å²) in [6.07, 6.45) is 0.999. The molecular weight excluding hydrogens is 196 g/mol. The van der Waals surface area contributed by atoms with Gasteiger partial charge in [0, 0.05) is 0 Å². The first-order valence-corrected chi connectivity index (χ1v) is 5.24. The summed E-state index contributed by atoms with van der Waals surface area (Å²) >= 11 is 0. The van der Waals surface area contributed by atoms with Gasteiger partial charge in [0.2, 0.25) is 0 Å². The van der Waals surface area contributed by atoms with E-state index in [1.54, 1.807) is 6.92 Å². The molecule has 0 aromatic carbocycles. The Morgan fingerprint density at radius 2 is 1.80 bits per heavy atom. The van der Waals surface area contributed by atoms with E-state index >= 15 is 0 Å². The summed E-state index contributed by atoms with van der Waals surface area (Å²) < 4.78 is 4.61. The van der Waals surface area contributed by atoms with Gasteiger partial charge < -0.3 is 9.84 Å². The van der Waals surface area contributed by atoms with Crippen molar-refractivity contribution >= 4 is 11.9 Å². The SMILES string of the molecule is CCC(C(=O)OC)C(CC(C)C)C(=O)O. The summed E-state index contributed by atoms with van der Waals surface area (Å²) in [6, 6.07) is 0. The number of carbonyl (C=O) groups excluding carboxylic acids is 1. The van der Waals surface area contributed by atoms with E-state index in [0.717, 1.165) is 0 Å². The number of aliphatic carboxylic acids is 1. The first-order valence-electron chi connectivity index (χ1n) is 5.24. The topological polar surface area (TPSA) is 63.6 Å². The van der Waals surface area contributed by atoms with Gasteiger partial charge in [0.25, 0.3) is 0 Å². The fourth-order valence-electron chi connectivity index (χ4n) is 1.71. The van der Waals surface area contributed by atoms with Crippen LogP contribution in [0, 0.1) is 17.8 Å². The van der Waals surface area contributed by atoms with Gasteiger partial charge in [0.15, 0.2) is 0 Å². The maximum atomic E-state index is 11.4. The molecule has 2 atom stereocenters. The molecule has 0 rings (SSSR count). The average Bonchev–Trinajstić information content (AvgIpc) is 2.16. The normalized spacial score (nSPS) is 14.7. The van der Waals surface area contributed by atoms with Crippen molar-refractivity contribution in [1.82, 2.24) is 0 Å². The Labute approximate surface area is 90.6 Å². The molecule has 15 heavy (non-hydrogen) atoms. The van der Waals surface area contributed by atoms with Gasteiger partial charge in [-0.3, -0.25) is 9.59 Å². The number of esters is 1. The van der Waals surface area contributed by atoms with Gasteiger partial charge in [-0.05, 0) is 18.8 Å². The summed E-state index contributed by atoms with van der Waals surface area (Å²) in [5, 5.41) is 9.06. The molecule has 2 unspecified atom stereocenters. The highest BCUT2D eigenvalue weighted by molar-refractivity contribution is 5.80. The summed E-state index contributed by atoms with van der Waals surface area (Å²) in [7, 11) is 1.29. The number of hydrogen-bond acceptors (Lipinski definition) is 3. The number of rotatable bonds is 6. The predicted molar refractivity (Wildman–Crippen MR) is 56.4 cm³/mol. The predicted octanol–water partition coefficient (Wildman–Crippen LogP) is 1.93. The van der Waals surface area contributed by atoms with Crippen LogP contribution < -0.4 is 0 Å². The van der Waals surface area contributed by atoms with Gasteiger partial charge in [-0.25, -0.2) is 0 Å². The number of hydrogen-bond donors (Lipinski definition) is 1. The average molecular weight is 216 g/mol. The van der Waals surface area contributed by atoms with Crippen molar-refractivity contribution in [2.24, 2.45) is 17.8 Å². The van der Waals surface area contributed by atoms with E-state index in [9.17, 15) is 9.59 Å². The summed E-state index contributed by atoms with van der Waals surface area (Å²) in [6.45, 7) is 5.69. The molecule has 1 N–H and O–H groups in total. The molecule has 0 aliphatic rings. The standard InChI is InChI=1S/C11H20O4/c1-5-8(11(14)15-4)9(10(12)13)6-7(2)3/h7-9H,5-6H2,1-4H3,(H,12,13). The largest absolute Gasteiger partial charge is 0.481 e. The highest BCUT2D eigenvalue weighted by atomic mass is 16.5. The van der Waals surface area contributed by atoms with Gasteiger partial charge >= 0.3 is 11.9 Å². The molecule has 0 aliphatic heterocycles. The molecular formula is C11H20O4. The minimum Gasteiger partial charge on any atom is -0.481 e. The number of ether oxygens (including phenoxy) is 1. The van der Waals surface area contributed by atoms with Gasteiger partial charge in [-0.2, -0.15) is 0 Å². The van der Waals surface area contributed by atoms with Crippen LogP contribution in [-0.2, 0) is 14.3 Å². The van der Waals surface area contributed by atoms with Crippen LogP contribution in [0.15, 0.2) is 0 Å². The Morgan fingerprint density at radius 1 is 1.27 bits per heavy atom. The van der Waals surface area contributed by atoms with E-state index in [4.69, 9.17) is 5.11 Å². The third-order valence-electron chi connectivity index (χ3n) is 2.47. The number of carbonyl (C=O) groups is 2. The zero-order valence-electron chi connectivity index (χ0n) is 9.82. The van der Waals surface area contributed by atoms with E-state index < -0.39 is 23.8 Å². The Kier molecular flexibility index (Phi) is 5.97. The zero-order valence-corrected chi connectivity index (χ0v) is 9.82. The van der Waals surface area contributed by atoms with Crippen LogP contribution in [0.2, 0.25) is 0 Å². The number of methoxy groups -OCH3 is 1. The quantitative estimate of drug-likeness (QED) is 0.689. The molecule has 0 bridgehead atoms. The van der Waals surface area contributed by atoms with E-state index in [-0.39, 0.29) is 5.92 Å². The van der Waals surface area contributed by atoms with Crippen molar-refractivity contribution in [2.45, 2.75) is 33.6 Å². The second-order valence-electron chi connectivity index (χ2n) is 4.11. The molecule has 4 nitrogen and oxygen atoms in total. The molecule has 0 aliphatic carbocycles. The van der Waals surface area contributed by atoms with Crippen molar-refractivity contribution in [3.8, 4) is 0 Å². The second-order valence-corrected chi connectivity index (χ2v) is 4.11. The van der Waals surface area contributed by atoms with Crippen LogP contribution in [0.1, 0.15) is 33.6 Å². The lowest BCUT2D eigenvalue weighted by Gasteiger charge is -2.21. The molecule has 0 amide bonds. The fraction of sp³-hybridized carbons (Fsp3) is 0.818. The molecule has 0 aromatic heterocycles. The molecule has 0 heterocycles. The van der Waals surface area contributed by atoms with Crippen LogP contribution in [0.3, 0.4) is 0 Å². The van der Waals surface area contributed by atoms with Crippen molar-refractivity contribution in [1.29, 1.82) is 0 Å². The molecule has 88 valence electrons.